The smallest absolute Gasteiger partial charge is 0.203 e. The van der Waals surface area contributed by atoms with Gasteiger partial charge in [-0.3, -0.25) is 4.79 Å². The van der Waals surface area contributed by atoms with Crippen molar-refractivity contribution in [1.82, 2.24) is 0 Å². The predicted molar refractivity (Wildman–Crippen MR) is 92.7 cm³/mol. The number of hydrogen-bond donors (Lipinski definition) is 0. The van der Waals surface area contributed by atoms with Crippen LogP contribution >= 0.6 is 11.3 Å². The number of methoxy groups -OCH3 is 2. The maximum Gasteiger partial charge on any atom is 0.203 e. The van der Waals surface area contributed by atoms with Crippen molar-refractivity contribution < 1.29 is 14.3 Å². The highest BCUT2D eigenvalue weighted by atomic mass is 32.1. The molecule has 0 unspecified atom stereocenters. The molecular weight excluding hydrogens is 308 g/mol. The van der Waals surface area contributed by atoms with E-state index in [1.165, 1.54) is 11.3 Å². The summed E-state index contributed by atoms with van der Waals surface area (Å²) in [6.45, 7) is 0. The highest BCUT2D eigenvalue weighted by molar-refractivity contribution is 7.17. The van der Waals surface area contributed by atoms with Crippen LogP contribution in [0.3, 0.4) is 0 Å². The Morgan fingerprint density at radius 1 is 0.870 bits per heavy atom. The Morgan fingerprint density at radius 3 is 2.30 bits per heavy atom. The van der Waals surface area contributed by atoms with Gasteiger partial charge in [-0.2, -0.15) is 0 Å². The summed E-state index contributed by atoms with van der Waals surface area (Å²) < 4.78 is 10.4. The van der Waals surface area contributed by atoms with Crippen LogP contribution in [-0.4, -0.2) is 20.0 Å². The summed E-state index contributed by atoms with van der Waals surface area (Å²) in [7, 11) is 3.24. The van der Waals surface area contributed by atoms with Crippen molar-refractivity contribution in [3.8, 4) is 21.9 Å². The van der Waals surface area contributed by atoms with Gasteiger partial charge in [-0.1, -0.05) is 24.3 Å². The number of carbonyl (C=O) groups excluding carboxylic acids is 1. The molecule has 2 aromatic carbocycles. The molecule has 0 saturated heterocycles. The fraction of sp³-hybridized carbons (Fsp3) is 0.105. The molecule has 1 aromatic heterocycles. The largest absolute Gasteiger partial charge is 0.497 e. The lowest BCUT2D eigenvalue weighted by molar-refractivity contribution is 0.104. The molecular formula is C19H16O3S. The van der Waals surface area contributed by atoms with E-state index in [2.05, 4.69) is 0 Å². The SMILES string of the molecule is COc1cccc(C(=O)c2ccc(-c3cccc(OC)c3)s2)c1. The first-order valence-corrected chi connectivity index (χ1v) is 7.96. The third-order valence-electron chi connectivity index (χ3n) is 3.52. The number of ketones is 1. The van der Waals surface area contributed by atoms with Gasteiger partial charge in [0.1, 0.15) is 11.5 Å². The third-order valence-corrected chi connectivity index (χ3v) is 4.65. The van der Waals surface area contributed by atoms with Crippen LogP contribution in [0.25, 0.3) is 10.4 Å². The zero-order valence-electron chi connectivity index (χ0n) is 12.9. The first kappa shape index (κ1) is 15.3. The zero-order valence-corrected chi connectivity index (χ0v) is 13.7. The van der Waals surface area contributed by atoms with Crippen molar-refractivity contribution in [2.24, 2.45) is 0 Å². The molecule has 0 spiro atoms. The summed E-state index contributed by atoms with van der Waals surface area (Å²) in [6, 6.07) is 18.9. The lowest BCUT2D eigenvalue weighted by atomic mass is 10.1. The van der Waals surface area contributed by atoms with Crippen molar-refractivity contribution in [2.45, 2.75) is 0 Å². The van der Waals surface area contributed by atoms with Gasteiger partial charge in [0, 0.05) is 10.4 Å². The van der Waals surface area contributed by atoms with E-state index in [1.807, 2.05) is 48.5 Å². The highest BCUT2D eigenvalue weighted by Crippen LogP contribution is 2.31. The fourth-order valence-corrected chi connectivity index (χ4v) is 3.26. The molecule has 116 valence electrons. The summed E-state index contributed by atoms with van der Waals surface area (Å²) in [6.07, 6.45) is 0. The minimum atomic E-state index is 0.00282. The maximum atomic E-state index is 12.6. The van der Waals surface area contributed by atoms with Crippen molar-refractivity contribution in [3.05, 3.63) is 71.1 Å². The van der Waals surface area contributed by atoms with Crippen LogP contribution in [0.15, 0.2) is 60.7 Å². The van der Waals surface area contributed by atoms with Gasteiger partial charge in [-0.25, -0.2) is 0 Å². The first-order valence-electron chi connectivity index (χ1n) is 7.14. The Kier molecular flexibility index (Phi) is 4.44. The second-order valence-electron chi connectivity index (χ2n) is 4.96. The molecule has 3 aromatic rings. The summed E-state index contributed by atoms with van der Waals surface area (Å²) in [5, 5.41) is 0. The van der Waals surface area contributed by atoms with Gasteiger partial charge in [-0.15, -0.1) is 11.3 Å². The number of hydrogen-bond acceptors (Lipinski definition) is 4. The second-order valence-corrected chi connectivity index (χ2v) is 6.04. The quantitative estimate of drug-likeness (QED) is 0.640. The number of carbonyl (C=O) groups is 1. The molecule has 0 aliphatic carbocycles. The molecule has 0 saturated carbocycles. The first-order chi connectivity index (χ1) is 11.2. The van der Waals surface area contributed by atoms with Gasteiger partial charge in [0.25, 0.3) is 0 Å². The summed E-state index contributed by atoms with van der Waals surface area (Å²) >= 11 is 1.48. The van der Waals surface area contributed by atoms with Crippen molar-refractivity contribution in [2.75, 3.05) is 14.2 Å². The molecule has 1 heterocycles. The second kappa shape index (κ2) is 6.67. The molecule has 0 N–H and O–H groups in total. The van der Waals surface area contributed by atoms with E-state index in [0.717, 1.165) is 16.2 Å². The van der Waals surface area contributed by atoms with Gasteiger partial charge in [0.2, 0.25) is 5.78 Å². The monoisotopic (exact) mass is 324 g/mol. The van der Waals surface area contributed by atoms with Gasteiger partial charge in [-0.05, 0) is 42.0 Å². The van der Waals surface area contributed by atoms with E-state index in [-0.39, 0.29) is 5.78 Å². The fourth-order valence-electron chi connectivity index (χ4n) is 2.30. The summed E-state index contributed by atoms with van der Waals surface area (Å²) in [5.74, 6) is 1.49. The van der Waals surface area contributed by atoms with Gasteiger partial charge < -0.3 is 9.47 Å². The van der Waals surface area contributed by atoms with E-state index in [0.29, 0.717) is 16.2 Å². The van der Waals surface area contributed by atoms with Crippen LogP contribution in [0.4, 0.5) is 0 Å². The van der Waals surface area contributed by atoms with Crippen LogP contribution in [0.5, 0.6) is 11.5 Å². The van der Waals surface area contributed by atoms with Crippen molar-refractivity contribution in [1.29, 1.82) is 0 Å². The van der Waals surface area contributed by atoms with E-state index in [9.17, 15) is 4.79 Å². The lowest BCUT2D eigenvalue weighted by Gasteiger charge is -2.03. The number of rotatable bonds is 5. The average Bonchev–Trinajstić information content (AvgIpc) is 3.11. The lowest BCUT2D eigenvalue weighted by Crippen LogP contribution is -1.98. The topological polar surface area (TPSA) is 35.5 Å². The molecule has 0 bridgehead atoms. The van der Waals surface area contributed by atoms with Crippen LogP contribution in [0, 0.1) is 0 Å². The number of benzene rings is 2. The molecule has 0 radical (unpaired) electrons. The molecule has 0 fully saturated rings. The van der Waals surface area contributed by atoms with Crippen LogP contribution in [0.2, 0.25) is 0 Å². The zero-order chi connectivity index (χ0) is 16.2. The van der Waals surface area contributed by atoms with Crippen molar-refractivity contribution in [3.63, 3.8) is 0 Å². The Labute approximate surface area is 139 Å². The Hall–Kier alpha value is -2.59. The Morgan fingerprint density at radius 2 is 1.57 bits per heavy atom. The van der Waals surface area contributed by atoms with Gasteiger partial charge >= 0.3 is 0 Å². The molecule has 3 nitrogen and oxygen atoms in total. The van der Waals surface area contributed by atoms with E-state index >= 15 is 0 Å². The molecule has 0 atom stereocenters. The van der Waals surface area contributed by atoms with E-state index < -0.39 is 0 Å². The van der Waals surface area contributed by atoms with Crippen LogP contribution in [-0.2, 0) is 0 Å². The van der Waals surface area contributed by atoms with Crippen molar-refractivity contribution >= 4 is 17.1 Å². The normalized spacial score (nSPS) is 10.3. The molecule has 3 rings (SSSR count). The number of ether oxygens (including phenoxy) is 2. The van der Waals surface area contributed by atoms with E-state index in [4.69, 9.17) is 9.47 Å². The molecule has 4 heteroatoms. The number of thiophene rings is 1. The molecule has 0 aliphatic heterocycles. The Bertz CT molecular complexity index is 836. The van der Waals surface area contributed by atoms with Gasteiger partial charge in [0.15, 0.2) is 0 Å². The average molecular weight is 324 g/mol. The van der Waals surface area contributed by atoms with Crippen LogP contribution < -0.4 is 9.47 Å². The van der Waals surface area contributed by atoms with E-state index in [1.54, 1.807) is 26.4 Å². The summed E-state index contributed by atoms with van der Waals surface area (Å²) in [4.78, 5) is 14.4. The summed E-state index contributed by atoms with van der Waals surface area (Å²) in [5.41, 5.74) is 1.67. The van der Waals surface area contributed by atoms with Gasteiger partial charge in [0.05, 0.1) is 19.1 Å². The Balaban J connectivity index is 1.90. The third kappa shape index (κ3) is 3.27. The predicted octanol–water partition coefficient (Wildman–Crippen LogP) is 4.66. The molecule has 0 aliphatic rings. The minimum Gasteiger partial charge on any atom is -0.497 e. The maximum absolute atomic E-state index is 12.6. The minimum absolute atomic E-state index is 0.00282. The van der Waals surface area contributed by atoms with Crippen LogP contribution in [0.1, 0.15) is 15.2 Å². The molecule has 0 amide bonds. The standard InChI is InChI=1S/C19H16O3S/c1-21-15-7-3-5-13(11-15)17-9-10-18(23-17)19(20)14-6-4-8-16(12-14)22-2/h3-12H,1-2H3. The highest BCUT2D eigenvalue weighted by Gasteiger charge is 2.13. The molecule has 23 heavy (non-hydrogen) atoms.